The van der Waals surface area contributed by atoms with E-state index in [0.717, 1.165) is 0 Å². The summed E-state index contributed by atoms with van der Waals surface area (Å²) in [5, 5.41) is 8.15. The number of hydrogen-bond acceptors (Lipinski definition) is 3. The topological polar surface area (TPSA) is 72.3 Å². The summed E-state index contributed by atoms with van der Waals surface area (Å²) < 4.78 is 0. The summed E-state index contributed by atoms with van der Waals surface area (Å²) in [7, 11) is 0. The van der Waals surface area contributed by atoms with Crippen LogP contribution < -0.4 is 11.5 Å². The molecule has 0 aromatic rings. The lowest BCUT2D eigenvalue weighted by Gasteiger charge is -2.12. The molecular formula is C3H10N2O. The fourth-order valence-corrected chi connectivity index (χ4v) is 0. The number of nitrogens with two attached hydrogens (primary N) is 2. The minimum Gasteiger partial charge on any atom is -0.393 e. The average molecular weight is 90.1 g/mol. The van der Waals surface area contributed by atoms with E-state index in [1.54, 1.807) is 6.92 Å². The lowest BCUT2D eigenvalue weighted by molar-refractivity contribution is 0.213. The molecule has 0 fully saturated rings. The van der Waals surface area contributed by atoms with Crippen LogP contribution >= 0.6 is 0 Å². The maximum Gasteiger partial charge on any atom is 0.0845 e. The highest BCUT2D eigenvalue weighted by atomic mass is 16.3. The molecule has 0 unspecified atom stereocenters. The molecule has 0 saturated carbocycles. The average Bonchev–Trinajstić information content (AvgIpc) is 1.35. The van der Waals surface area contributed by atoms with Crippen LogP contribution in [0.3, 0.4) is 0 Å². The molecule has 0 aliphatic heterocycles. The van der Waals surface area contributed by atoms with Crippen molar-refractivity contribution in [3.05, 3.63) is 0 Å². The Bertz CT molecular complexity index is 38.5. The summed E-state index contributed by atoms with van der Waals surface area (Å²) in [5.41, 5.74) is 9.22. The third-order valence-electron chi connectivity index (χ3n) is 0.341. The number of rotatable bonds is 1. The first-order chi connectivity index (χ1) is 2.56. The smallest absolute Gasteiger partial charge is 0.0845 e. The second kappa shape index (κ2) is 1.55. The molecule has 3 heteroatoms. The molecule has 0 heterocycles. The van der Waals surface area contributed by atoms with Gasteiger partial charge in [0.1, 0.15) is 0 Å². The van der Waals surface area contributed by atoms with Gasteiger partial charge in [0.15, 0.2) is 0 Å². The van der Waals surface area contributed by atoms with Gasteiger partial charge in [-0.1, -0.05) is 0 Å². The Morgan fingerprint density at radius 1 is 1.67 bits per heavy atom. The van der Waals surface area contributed by atoms with E-state index in [-0.39, 0.29) is 6.61 Å². The molecule has 0 aliphatic rings. The molecule has 0 aromatic heterocycles. The van der Waals surface area contributed by atoms with Gasteiger partial charge in [-0.05, 0) is 6.92 Å². The van der Waals surface area contributed by atoms with Crippen LogP contribution in [-0.2, 0) is 0 Å². The number of aliphatic hydroxyl groups is 1. The molecule has 0 spiro atoms. The molecule has 0 amide bonds. The van der Waals surface area contributed by atoms with Gasteiger partial charge in [0.2, 0.25) is 0 Å². The van der Waals surface area contributed by atoms with E-state index in [1.807, 2.05) is 0 Å². The summed E-state index contributed by atoms with van der Waals surface area (Å²) in [6, 6.07) is 0. The summed E-state index contributed by atoms with van der Waals surface area (Å²) in [4.78, 5) is 0. The van der Waals surface area contributed by atoms with Gasteiger partial charge < -0.3 is 16.6 Å². The Balaban J connectivity index is 3.17. The Morgan fingerprint density at radius 2 is 1.83 bits per heavy atom. The van der Waals surface area contributed by atoms with Gasteiger partial charge in [-0.25, -0.2) is 0 Å². The molecule has 5 N–H and O–H groups in total. The zero-order valence-electron chi connectivity index (χ0n) is 3.81. The van der Waals surface area contributed by atoms with Crippen molar-refractivity contribution >= 4 is 0 Å². The highest BCUT2D eigenvalue weighted by molar-refractivity contribution is 4.65. The van der Waals surface area contributed by atoms with E-state index in [2.05, 4.69) is 0 Å². The fraction of sp³-hybridized carbons (Fsp3) is 1.00. The normalized spacial score (nSPS) is 12.0. The van der Waals surface area contributed by atoms with Crippen molar-refractivity contribution < 1.29 is 5.11 Å². The summed E-state index contributed by atoms with van der Waals surface area (Å²) in [5.74, 6) is 0. The molecule has 0 rings (SSSR count). The molecule has 0 radical (unpaired) electrons. The van der Waals surface area contributed by atoms with Gasteiger partial charge in [-0.15, -0.1) is 0 Å². The Morgan fingerprint density at radius 3 is 1.83 bits per heavy atom. The number of hydrogen-bond donors (Lipinski definition) is 3. The SMILES string of the molecule is CC(N)(N)CO. The van der Waals surface area contributed by atoms with Crippen molar-refractivity contribution in [2.75, 3.05) is 6.61 Å². The van der Waals surface area contributed by atoms with Crippen LogP contribution in [0.25, 0.3) is 0 Å². The molecule has 0 saturated heterocycles. The third kappa shape index (κ3) is 3.88. The van der Waals surface area contributed by atoms with E-state index in [9.17, 15) is 0 Å². The van der Waals surface area contributed by atoms with Crippen LogP contribution in [0.1, 0.15) is 6.92 Å². The highest BCUT2D eigenvalue weighted by Gasteiger charge is 2.05. The van der Waals surface area contributed by atoms with E-state index in [0.29, 0.717) is 0 Å². The second-order valence-corrected chi connectivity index (χ2v) is 1.66. The zero-order valence-corrected chi connectivity index (χ0v) is 3.81. The second-order valence-electron chi connectivity index (χ2n) is 1.66. The van der Waals surface area contributed by atoms with E-state index >= 15 is 0 Å². The molecule has 0 bridgehead atoms. The van der Waals surface area contributed by atoms with E-state index in [4.69, 9.17) is 16.6 Å². The first-order valence-electron chi connectivity index (χ1n) is 1.75. The standard InChI is InChI=1S/C3H10N2O/c1-3(4,5)2-6/h6H,2,4-5H2,1H3. The van der Waals surface area contributed by atoms with E-state index in [1.165, 1.54) is 0 Å². The summed E-state index contributed by atoms with van der Waals surface area (Å²) in [6.07, 6.45) is 0. The quantitative estimate of drug-likeness (QED) is 0.347. The lowest BCUT2D eigenvalue weighted by atomic mass is 10.3. The largest absolute Gasteiger partial charge is 0.393 e. The summed E-state index contributed by atoms with van der Waals surface area (Å²) >= 11 is 0. The molecular weight excluding hydrogens is 80.0 g/mol. The fourth-order valence-electron chi connectivity index (χ4n) is 0. The van der Waals surface area contributed by atoms with Crippen molar-refractivity contribution in [3.63, 3.8) is 0 Å². The van der Waals surface area contributed by atoms with Gasteiger partial charge in [0.05, 0.1) is 12.3 Å². The van der Waals surface area contributed by atoms with Crippen LogP contribution in [0.15, 0.2) is 0 Å². The Kier molecular flexibility index (Phi) is 1.52. The molecule has 3 nitrogen and oxygen atoms in total. The van der Waals surface area contributed by atoms with Crippen LogP contribution in [0, 0.1) is 0 Å². The lowest BCUT2D eigenvalue weighted by Crippen LogP contribution is -2.49. The molecule has 6 heavy (non-hydrogen) atoms. The van der Waals surface area contributed by atoms with Gasteiger partial charge in [-0.2, -0.15) is 0 Å². The van der Waals surface area contributed by atoms with Crippen molar-refractivity contribution in [2.24, 2.45) is 11.5 Å². The van der Waals surface area contributed by atoms with Gasteiger partial charge in [0.25, 0.3) is 0 Å². The van der Waals surface area contributed by atoms with Crippen LogP contribution in [0.4, 0.5) is 0 Å². The predicted molar refractivity (Wildman–Crippen MR) is 23.9 cm³/mol. The van der Waals surface area contributed by atoms with E-state index < -0.39 is 5.66 Å². The Labute approximate surface area is 36.9 Å². The molecule has 0 atom stereocenters. The minimum atomic E-state index is -0.903. The van der Waals surface area contributed by atoms with Crippen molar-refractivity contribution in [2.45, 2.75) is 12.6 Å². The monoisotopic (exact) mass is 90.1 g/mol. The summed E-state index contributed by atoms with van der Waals surface area (Å²) in [6.45, 7) is 1.38. The predicted octanol–water partition coefficient (Wildman–Crippen LogP) is -1.39. The first-order valence-corrected chi connectivity index (χ1v) is 1.75. The van der Waals surface area contributed by atoms with Crippen molar-refractivity contribution in [1.82, 2.24) is 0 Å². The minimum absolute atomic E-state index is 0.174. The molecule has 0 aliphatic carbocycles. The van der Waals surface area contributed by atoms with Crippen LogP contribution in [-0.4, -0.2) is 17.4 Å². The maximum absolute atomic E-state index is 8.15. The Hall–Kier alpha value is -0.120. The molecule has 0 aromatic carbocycles. The first kappa shape index (κ1) is 5.88. The third-order valence-corrected chi connectivity index (χ3v) is 0.341. The van der Waals surface area contributed by atoms with Crippen LogP contribution in [0.2, 0.25) is 0 Å². The van der Waals surface area contributed by atoms with Gasteiger partial charge in [-0.3, -0.25) is 0 Å². The van der Waals surface area contributed by atoms with Crippen LogP contribution in [0.5, 0.6) is 0 Å². The zero-order chi connectivity index (χ0) is 5.21. The van der Waals surface area contributed by atoms with Gasteiger partial charge in [0, 0.05) is 0 Å². The maximum atomic E-state index is 8.15. The van der Waals surface area contributed by atoms with Gasteiger partial charge >= 0.3 is 0 Å². The molecule has 38 valence electrons. The van der Waals surface area contributed by atoms with Crippen molar-refractivity contribution in [3.8, 4) is 0 Å². The number of aliphatic hydroxyl groups excluding tert-OH is 1. The van der Waals surface area contributed by atoms with Crippen molar-refractivity contribution in [1.29, 1.82) is 0 Å². The highest BCUT2D eigenvalue weighted by Crippen LogP contribution is 1.79.